The average molecular weight is 307 g/mol. The molecule has 0 spiro atoms. The van der Waals surface area contributed by atoms with E-state index < -0.39 is 0 Å². The molecule has 1 aromatic heterocycles. The zero-order chi connectivity index (χ0) is 16.1. The molecule has 2 atom stereocenters. The molecule has 124 valence electrons. The van der Waals surface area contributed by atoms with Crippen LogP contribution in [-0.2, 0) is 11.3 Å². The van der Waals surface area contributed by atoms with Crippen molar-refractivity contribution in [3.8, 4) is 0 Å². The molecule has 2 heterocycles. The number of aryl methyl sites for hydroxylation is 1. The summed E-state index contributed by atoms with van der Waals surface area (Å²) in [6, 6.07) is 0.0509. The van der Waals surface area contributed by atoms with Gasteiger partial charge in [0.15, 0.2) is 0 Å². The third kappa shape index (κ3) is 4.55. The van der Waals surface area contributed by atoms with Gasteiger partial charge in [-0.3, -0.25) is 9.48 Å². The van der Waals surface area contributed by atoms with Crippen LogP contribution in [0.4, 0.5) is 0 Å². The molecule has 1 aliphatic rings. The van der Waals surface area contributed by atoms with Gasteiger partial charge in [-0.25, -0.2) is 0 Å². The molecular formula is C16H29N5O. The van der Waals surface area contributed by atoms with Gasteiger partial charge >= 0.3 is 0 Å². The molecule has 2 rings (SSSR count). The summed E-state index contributed by atoms with van der Waals surface area (Å²) >= 11 is 0. The molecule has 0 saturated carbocycles. The minimum absolute atomic E-state index is 0.153. The Morgan fingerprint density at radius 2 is 2.00 bits per heavy atom. The third-order valence-corrected chi connectivity index (χ3v) is 4.26. The van der Waals surface area contributed by atoms with Gasteiger partial charge in [0.25, 0.3) is 0 Å². The van der Waals surface area contributed by atoms with Gasteiger partial charge < -0.3 is 15.1 Å². The van der Waals surface area contributed by atoms with Gasteiger partial charge in [-0.05, 0) is 32.9 Å². The minimum Gasteiger partial charge on any atom is -0.339 e. The fourth-order valence-electron chi connectivity index (χ4n) is 2.96. The summed E-state index contributed by atoms with van der Waals surface area (Å²) in [4.78, 5) is 16.9. The van der Waals surface area contributed by atoms with E-state index in [9.17, 15) is 4.79 Å². The number of hydrogen-bond donors (Lipinski definition) is 1. The van der Waals surface area contributed by atoms with Crippen LogP contribution in [0.3, 0.4) is 0 Å². The van der Waals surface area contributed by atoms with E-state index >= 15 is 0 Å². The summed E-state index contributed by atoms with van der Waals surface area (Å²) in [5.74, 6) is 0.208. The second kappa shape index (κ2) is 7.74. The molecular weight excluding hydrogens is 278 g/mol. The SMILES string of the molecule is CCN1CCN(C(=O)[C@H](C)N[C@@H](C)Cn2cc(C)cn2)CC1. The normalized spacial score (nSPS) is 19.2. The van der Waals surface area contributed by atoms with Crippen molar-refractivity contribution < 1.29 is 4.79 Å². The number of piperazine rings is 1. The van der Waals surface area contributed by atoms with E-state index in [4.69, 9.17) is 0 Å². The van der Waals surface area contributed by atoms with Crippen LogP contribution in [0.2, 0.25) is 0 Å². The van der Waals surface area contributed by atoms with Gasteiger partial charge in [0, 0.05) is 38.4 Å². The summed E-state index contributed by atoms with van der Waals surface area (Å²) in [5.41, 5.74) is 1.16. The Balaban J connectivity index is 1.78. The Morgan fingerprint density at radius 3 is 2.55 bits per heavy atom. The topological polar surface area (TPSA) is 53.4 Å². The predicted octanol–water partition coefficient (Wildman–Crippen LogP) is 0.722. The van der Waals surface area contributed by atoms with Crippen LogP contribution < -0.4 is 5.32 Å². The van der Waals surface area contributed by atoms with Crippen molar-refractivity contribution in [2.75, 3.05) is 32.7 Å². The molecule has 1 N–H and O–H groups in total. The first-order chi connectivity index (χ1) is 10.5. The van der Waals surface area contributed by atoms with Gasteiger partial charge in [-0.1, -0.05) is 6.92 Å². The smallest absolute Gasteiger partial charge is 0.239 e. The lowest BCUT2D eigenvalue weighted by molar-refractivity contribution is -0.135. The number of carbonyl (C=O) groups excluding carboxylic acids is 1. The first-order valence-electron chi connectivity index (χ1n) is 8.25. The molecule has 0 radical (unpaired) electrons. The van der Waals surface area contributed by atoms with Crippen molar-refractivity contribution in [1.82, 2.24) is 24.9 Å². The second-order valence-corrected chi connectivity index (χ2v) is 6.29. The number of aromatic nitrogens is 2. The lowest BCUT2D eigenvalue weighted by Crippen LogP contribution is -2.54. The minimum atomic E-state index is -0.153. The maximum atomic E-state index is 12.5. The second-order valence-electron chi connectivity index (χ2n) is 6.29. The summed E-state index contributed by atoms with van der Waals surface area (Å²) in [6.45, 7) is 13.7. The van der Waals surface area contributed by atoms with Gasteiger partial charge in [0.05, 0.1) is 18.8 Å². The van der Waals surface area contributed by atoms with E-state index in [1.165, 1.54) is 0 Å². The van der Waals surface area contributed by atoms with E-state index in [1.54, 1.807) is 0 Å². The number of nitrogens with zero attached hydrogens (tertiary/aromatic N) is 4. The first-order valence-corrected chi connectivity index (χ1v) is 8.25. The monoisotopic (exact) mass is 307 g/mol. The highest BCUT2D eigenvalue weighted by Gasteiger charge is 2.25. The maximum Gasteiger partial charge on any atom is 0.239 e. The lowest BCUT2D eigenvalue weighted by Gasteiger charge is -2.36. The highest BCUT2D eigenvalue weighted by molar-refractivity contribution is 5.81. The number of amides is 1. The Labute approximate surface area is 133 Å². The van der Waals surface area contributed by atoms with E-state index in [2.05, 4.69) is 29.2 Å². The van der Waals surface area contributed by atoms with E-state index in [0.29, 0.717) is 0 Å². The molecule has 0 unspecified atom stereocenters. The highest BCUT2D eigenvalue weighted by Crippen LogP contribution is 2.05. The molecule has 1 saturated heterocycles. The van der Waals surface area contributed by atoms with Crippen LogP contribution in [-0.4, -0.2) is 70.3 Å². The molecule has 0 aliphatic carbocycles. The molecule has 1 fully saturated rings. The number of hydrogen-bond acceptors (Lipinski definition) is 4. The Hall–Kier alpha value is -1.40. The number of rotatable bonds is 6. The quantitative estimate of drug-likeness (QED) is 0.841. The molecule has 1 amide bonds. The predicted molar refractivity (Wildman–Crippen MR) is 87.7 cm³/mol. The van der Waals surface area contributed by atoms with E-state index in [0.717, 1.165) is 44.8 Å². The van der Waals surface area contributed by atoms with E-state index in [-0.39, 0.29) is 18.0 Å². The fraction of sp³-hybridized carbons (Fsp3) is 0.750. The Kier molecular flexibility index (Phi) is 5.97. The molecule has 6 nitrogen and oxygen atoms in total. The fourth-order valence-corrected chi connectivity index (χ4v) is 2.96. The summed E-state index contributed by atoms with van der Waals surface area (Å²) in [6.07, 6.45) is 3.88. The highest BCUT2D eigenvalue weighted by atomic mass is 16.2. The number of carbonyl (C=O) groups is 1. The summed E-state index contributed by atoms with van der Waals surface area (Å²) in [5, 5.41) is 7.69. The Morgan fingerprint density at radius 1 is 1.32 bits per heavy atom. The van der Waals surface area contributed by atoms with Crippen molar-refractivity contribution in [3.05, 3.63) is 18.0 Å². The molecule has 6 heteroatoms. The van der Waals surface area contributed by atoms with Crippen molar-refractivity contribution in [2.24, 2.45) is 0 Å². The lowest BCUT2D eigenvalue weighted by atomic mass is 10.2. The number of likely N-dealkylation sites (N-methyl/N-ethyl adjacent to an activating group) is 1. The molecule has 1 aromatic rings. The largest absolute Gasteiger partial charge is 0.339 e. The number of nitrogens with one attached hydrogen (secondary N) is 1. The van der Waals surface area contributed by atoms with Crippen LogP contribution in [0, 0.1) is 6.92 Å². The van der Waals surface area contributed by atoms with Gasteiger partial charge in [-0.2, -0.15) is 5.10 Å². The van der Waals surface area contributed by atoms with E-state index in [1.807, 2.05) is 35.8 Å². The van der Waals surface area contributed by atoms with Gasteiger partial charge in [0.2, 0.25) is 5.91 Å². The molecule has 1 aliphatic heterocycles. The van der Waals surface area contributed by atoms with Gasteiger partial charge in [0.1, 0.15) is 0 Å². The zero-order valence-electron chi connectivity index (χ0n) is 14.2. The molecule has 22 heavy (non-hydrogen) atoms. The van der Waals surface area contributed by atoms with Crippen molar-refractivity contribution in [1.29, 1.82) is 0 Å². The first kappa shape index (κ1) is 17.0. The Bertz CT molecular complexity index is 479. The maximum absolute atomic E-state index is 12.5. The summed E-state index contributed by atoms with van der Waals surface area (Å²) < 4.78 is 1.92. The van der Waals surface area contributed by atoms with Crippen molar-refractivity contribution in [3.63, 3.8) is 0 Å². The van der Waals surface area contributed by atoms with Gasteiger partial charge in [-0.15, -0.1) is 0 Å². The summed E-state index contributed by atoms with van der Waals surface area (Å²) in [7, 11) is 0. The molecule has 0 aromatic carbocycles. The van der Waals surface area contributed by atoms with Crippen LogP contribution in [0.1, 0.15) is 26.3 Å². The van der Waals surface area contributed by atoms with Crippen molar-refractivity contribution in [2.45, 2.75) is 46.3 Å². The van der Waals surface area contributed by atoms with Crippen LogP contribution in [0.25, 0.3) is 0 Å². The van der Waals surface area contributed by atoms with Crippen LogP contribution in [0.15, 0.2) is 12.4 Å². The van der Waals surface area contributed by atoms with Crippen molar-refractivity contribution >= 4 is 5.91 Å². The molecule has 0 bridgehead atoms. The standard InChI is InChI=1S/C16H29N5O/c1-5-19-6-8-20(9-7-19)16(22)15(4)18-14(3)12-21-11-13(2)10-17-21/h10-11,14-15,18H,5-9,12H2,1-4H3/t14-,15-/m0/s1. The zero-order valence-corrected chi connectivity index (χ0v) is 14.2. The average Bonchev–Trinajstić information content (AvgIpc) is 2.91. The van der Waals surface area contributed by atoms with Crippen LogP contribution in [0.5, 0.6) is 0 Å². The third-order valence-electron chi connectivity index (χ3n) is 4.26. The van der Waals surface area contributed by atoms with Crippen LogP contribution >= 0.6 is 0 Å².